The first-order chi connectivity index (χ1) is 8.90. The molecule has 0 amide bonds. The van der Waals surface area contributed by atoms with Crippen LogP contribution < -0.4 is 5.73 Å². The van der Waals surface area contributed by atoms with Gasteiger partial charge in [0.2, 0.25) is 0 Å². The number of nitrogens with two attached hydrogens (primary N) is 1. The molecule has 0 aliphatic rings. The highest BCUT2D eigenvalue weighted by Crippen LogP contribution is 2.26. The van der Waals surface area contributed by atoms with Gasteiger partial charge < -0.3 is 5.73 Å². The monoisotopic (exact) mass is 339 g/mol. The van der Waals surface area contributed by atoms with Crippen LogP contribution in [-0.2, 0) is 15.6 Å². The van der Waals surface area contributed by atoms with E-state index < -0.39 is 9.84 Å². The zero-order valence-electron chi connectivity index (χ0n) is 10.4. The average Bonchev–Trinajstić information content (AvgIpc) is 2.31. The zero-order chi connectivity index (χ0) is 14.0. The lowest BCUT2D eigenvalue weighted by Crippen LogP contribution is -2.08. The molecule has 2 N–H and O–H groups in total. The summed E-state index contributed by atoms with van der Waals surface area (Å²) >= 11 is 3.36. The Hall–Kier alpha value is -1.33. The summed E-state index contributed by atoms with van der Waals surface area (Å²) in [5, 5.41) is 0. The fourth-order valence-corrected chi connectivity index (χ4v) is 3.97. The molecule has 0 spiro atoms. The molecule has 0 bridgehead atoms. The Balaban J connectivity index is 2.41. The maximum absolute atomic E-state index is 12.4. The van der Waals surface area contributed by atoms with Crippen LogP contribution in [0.15, 0.2) is 51.8 Å². The summed E-state index contributed by atoms with van der Waals surface area (Å²) in [7, 11) is -3.44. The number of benzene rings is 2. The summed E-state index contributed by atoms with van der Waals surface area (Å²) in [6.07, 6.45) is 0. The highest BCUT2D eigenvalue weighted by molar-refractivity contribution is 9.10. The van der Waals surface area contributed by atoms with Crippen molar-refractivity contribution in [2.45, 2.75) is 17.6 Å². The summed E-state index contributed by atoms with van der Waals surface area (Å²) in [5.41, 5.74) is 7.77. The largest absolute Gasteiger partial charge is 0.398 e. The molecule has 0 saturated carbocycles. The molecule has 0 aromatic heterocycles. The third-order valence-corrected chi connectivity index (χ3v) is 5.31. The van der Waals surface area contributed by atoms with E-state index in [2.05, 4.69) is 15.9 Å². The van der Waals surface area contributed by atoms with Gasteiger partial charge in [-0.15, -0.1) is 0 Å². The second-order valence-corrected chi connectivity index (χ2v) is 7.20. The second kappa shape index (κ2) is 5.35. The van der Waals surface area contributed by atoms with Gasteiger partial charge in [0.25, 0.3) is 0 Å². The number of rotatable bonds is 3. The van der Waals surface area contributed by atoms with Gasteiger partial charge in [-0.1, -0.05) is 40.2 Å². The van der Waals surface area contributed by atoms with E-state index in [4.69, 9.17) is 5.73 Å². The van der Waals surface area contributed by atoms with Crippen molar-refractivity contribution < 1.29 is 8.42 Å². The molecule has 19 heavy (non-hydrogen) atoms. The summed E-state index contributed by atoms with van der Waals surface area (Å²) in [6.45, 7) is 1.88. The first-order valence-electron chi connectivity index (χ1n) is 5.72. The quantitative estimate of drug-likeness (QED) is 0.872. The van der Waals surface area contributed by atoms with E-state index in [9.17, 15) is 8.42 Å². The van der Waals surface area contributed by atoms with Crippen LogP contribution in [0.2, 0.25) is 0 Å². The molecule has 100 valence electrons. The van der Waals surface area contributed by atoms with Gasteiger partial charge in [0.15, 0.2) is 9.84 Å². The van der Waals surface area contributed by atoms with Crippen molar-refractivity contribution in [3.05, 3.63) is 58.1 Å². The minimum absolute atomic E-state index is 0.0678. The average molecular weight is 340 g/mol. The van der Waals surface area contributed by atoms with Crippen LogP contribution in [-0.4, -0.2) is 8.42 Å². The predicted molar refractivity (Wildman–Crippen MR) is 80.6 cm³/mol. The van der Waals surface area contributed by atoms with Gasteiger partial charge in [-0.3, -0.25) is 0 Å². The third-order valence-electron chi connectivity index (χ3n) is 2.80. The van der Waals surface area contributed by atoms with Crippen molar-refractivity contribution in [1.82, 2.24) is 0 Å². The second-order valence-electron chi connectivity index (χ2n) is 4.39. The van der Waals surface area contributed by atoms with Crippen molar-refractivity contribution in [1.29, 1.82) is 0 Å². The molecule has 0 saturated heterocycles. The number of nitrogen functional groups attached to an aromatic ring is 1. The topological polar surface area (TPSA) is 60.2 Å². The van der Waals surface area contributed by atoms with E-state index in [0.717, 1.165) is 15.6 Å². The number of halogens is 1. The number of hydrogen-bond donors (Lipinski definition) is 1. The molecular formula is C14H14BrNO2S. The summed E-state index contributed by atoms with van der Waals surface area (Å²) in [6, 6.07) is 12.3. The summed E-state index contributed by atoms with van der Waals surface area (Å²) in [5.74, 6) is -0.0678. The van der Waals surface area contributed by atoms with Crippen molar-refractivity contribution in [3.63, 3.8) is 0 Å². The first kappa shape index (κ1) is 14.1. The summed E-state index contributed by atoms with van der Waals surface area (Å²) in [4.78, 5) is 0.189. The number of sulfone groups is 1. The molecule has 0 heterocycles. The fourth-order valence-electron chi connectivity index (χ4n) is 1.85. The molecule has 2 aromatic rings. The van der Waals surface area contributed by atoms with Gasteiger partial charge in [-0.2, -0.15) is 0 Å². The zero-order valence-corrected chi connectivity index (χ0v) is 12.8. The smallest absolute Gasteiger partial charge is 0.184 e. The van der Waals surface area contributed by atoms with Crippen LogP contribution in [0, 0.1) is 6.92 Å². The Labute approximate surface area is 121 Å². The van der Waals surface area contributed by atoms with Crippen molar-refractivity contribution in [3.8, 4) is 0 Å². The number of aryl methyl sites for hydroxylation is 1. The predicted octanol–water partition coefficient (Wildman–Crippen LogP) is 3.31. The van der Waals surface area contributed by atoms with Crippen LogP contribution in [0.3, 0.4) is 0 Å². The molecule has 0 aliphatic heterocycles. The van der Waals surface area contributed by atoms with Gasteiger partial charge in [0.05, 0.1) is 16.3 Å². The Morgan fingerprint density at radius 2 is 1.84 bits per heavy atom. The maximum Gasteiger partial charge on any atom is 0.184 e. The molecule has 2 rings (SSSR count). The molecule has 0 fully saturated rings. The highest BCUT2D eigenvalue weighted by atomic mass is 79.9. The SMILES string of the molecule is Cc1ccc(S(=O)(=O)Cc2ccccc2Br)c(N)c1. The van der Waals surface area contributed by atoms with Gasteiger partial charge >= 0.3 is 0 Å². The molecule has 5 heteroatoms. The lowest BCUT2D eigenvalue weighted by atomic mass is 10.2. The van der Waals surface area contributed by atoms with Crippen molar-refractivity contribution >= 4 is 31.5 Å². The molecule has 0 radical (unpaired) electrons. The molecule has 0 aliphatic carbocycles. The van der Waals surface area contributed by atoms with E-state index in [0.29, 0.717) is 5.69 Å². The minimum atomic E-state index is -3.44. The van der Waals surface area contributed by atoms with E-state index in [1.54, 1.807) is 24.3 Å². The van der Waals surface area contributed by atoms with Crippen molar-refractivity contribution in [2.24, 2.45) is 0 Å². The van der Waals surface area contributed by atoms with E-state index in [1.807, 2.05) is 25.1 Å². The Bertz CT molecular complexity index is 711. The van der Waals surface area contributed by atoms with E-state index in [1.165, 1.54) is 0 Å². The van der Waals surface area contributed by atoms with Crippen LogP contribution in [0.25, 0.3) is 0 Å². The minimum Gasteiger partial charge on any atom is -0.398 e. The van der Waals surface area contributed by atoms with Gasteiger partial charge in [-0.05, 0) is 36.2 Å². The fraction of sp³-hybridized carbons (Fsp3) is 0.143. The van der Waals surface area contributed by atoms with E-state index in [-0.39, 0.29) is 10.6 Å². The van der Waals surface area contributed by atoms with Gasteiger partial charge in [-0.25, -0.2) is 8.42 Å². The highest BCUT2D eigenvalue weighted by Gasteiger charge is 2.19. The van der Waals surface area contributed by atoms with E-state index >= 15 is 0 Å². The van der Waals surface area contributed by atoms with Crippen molar-refractivity contribution in [2.75, 3.05) is 5.73 Å². The van der Waals surface area contributed by atoms with Crippen LogP contribution >= 0.6 is 15.9 Å². The third kappa shape index (κ3) is 3.16. The normalized spacial score (nSPS) is 11.5. The van der Waals surface area contributed by atoms with Crippen LogP contribution in [0.5, 0.6) is 0 Å². The Kier molecular flexibility index (Phi) is 3.96. The standard InChI is InChI=1S/C14H14BrNO2S/c1-10-6-7-14(13(16)8-10)19(17,18)9-11-4-2-3-5-12(11)15/h2-8H,9,16H2,1H3. The molecule has 0 unspecified atom stereocenters. The first-order valence-corrected chi connectivity index (χ1v) is 8.17. The molecular weight excluding hydrogens is 326 g/mol. The molecule has 2 aromatic carbocycles. The lowest BCUT2D eigenvalue weighted by molar-refractivity contribution is 0.595. The molecule has 3 nitrogen and oxygen atoms in total. The number of anilines is 1. The number of hydrogen-bond acceptors (Lipinski definition) is 3. The summed E-state index contributed by atoms with van der Waals surface area (Å²) < 4.78 is 25.6. The Morgan fingerprint density at radius 3 is 2.47 bits per heavy atom. The van der Waals surface area contributed by atoms with Gasteiger partial charge in [0.1, 0.15) is 0 Å². The van der Waals surface area contributed by atoms with Gasteiger partial charge in [0, 0.05) is 4.47 Å². The maximum atomic E-state index is 12.4. The van der Waals surface area contributed by atoms with Crippen LogP contribution in [0.1, 0.15) is 11.1 Å². The Morgan fingerprint density at radius 1 is 1.16 bits per heavy atom. The lowest BCUT2D eigenvalue weighted by Gasteiger charge is -2.09. The van der Waals surface area contributed by atoms with Crippen LogP contribution in [0.4, 0.5) is 5.69 Å². The molecule has 0 atom stereocenters.